The Morgan fingerprint density at radius 1 is 1.41 bits per heavy atom. The first-order valence-electron chi connectivity index (χ1n) is 5.96. The van der Waals surface area contributed by atoms with Crippen molar-refractivity contribution in [2.45, 2.75) is 12.8 Å². The monoisotopic (exact) mass is 299 g/mol. The number of nitrogens with one attached hydrogen (secondary N) is 1. The third-order valence-electron chi connectivity index (χ3n) is 2.81. The van der Waals surface area contributed by atoms with Crippen LogP contribution in [-0.2, 0) is 0 Å². The molecule has 1 aliphatic rings. The number of methoxy groups -OCH3 is 1. The Bertz CT molecular complexity index is 366. The summed E-state index contributed by atoms with van der Waals surface area (Å²) in [7, 11) is 1.66. The number of ether oxygens (including phenoxy) is 2. The van der Waals surface area contributed by atoms with Gasteiger partial charge in [-0.25, -0.2) is 0 Å². The first kappa shape index (κ1) is 12.7. The fourth-order valence-corrected chi connectivity index (χ4v) is 2.06. The molecule has 0 spiro atoms. The summed E-state index contributed by atoms with van der Waals surface area (Å²) in [6, 6.07) is 5.73. The van der Waals surface area contributed by atoms with Crippen LogP contribution in [0.3, 0.4) is 0 Å². The largest absolute Gasteiger partial charge is 0.497 e. The lowest BCUT2D eigenvalue weighted by Gasteiger charge is -2.10. The van der Waals surface area contributed by atoms with Crippen molar-refractivity contribution in [1.82, 2.24) is 5.32 Å². The molecule has 1 saturated carbocycles. The van der Waals surface area contributed by atoms with E-state index in [0.717, 1.165) is 35.0 Å². The first-order valence-corrected chi connectivity index (χ1v) is 6.76. The van der Waals surface area contributed by atoms with Gasteiger partial charge in [0.15, 0.2) is 0 Å². The highest BCUT2D eigenvalue weighted by atomic mass is 79.9. The van der Waals surface area contributed by atoms with Gasteiger partial charge in [0, 0.05) is 6.54 Å². The second-order valence-electron chi connectivity index (χ2n) is 4.29. The van der Waals surface area contributed by atoms with E-state index in [4.69, 9.17) is 9.47 Å². The van der Waals surface area contributed by atoms with Crippen molar-refractivity contribution in [2.75, 3.05) is 26.8 Å². The summed E-state index contributed by atoms with van der Waals surface area (Å²) in [5.41, 5.74) is 0. The molecule has 4 heteroatoms. The predicted octanol–water partition coefficient (Wildman–Crippen LogP) is 2.84. The van der Waals surface area contributed by atoms with Crippen LogP contribution in [0.2, 0.25) is 0 Å². The predicted molar refractivity (Wildman–Crippen MR) is 71.8 cm³/mol. The summed E-state index contributed by atoms with van der Waals surface area (Å²) in [4.78, 5) is 0. The molecule has 17 heavy (non-hydrogen) atoms. The van der Waals surface area contributed by atoms with Crippen LogP contribution in [0, 0.1) is 5.92 Å². The van der Waals surface area contributed by atoms with Gasteiger partial charge in [-0.15, -0.1) is 0 Å². The van der Waals surface area contributed by atoms with Crippen LogP contribution < -0.4 is 14.8 Å². The molecule has 1 aliphatic carbocycles. The summed E-state index contributed by atoms with van der Waals surface area (Å²) < 4.78 is 11.7. The maximum atomic E-state index is 5.67. The van der Waals surface area contributed by atoms with Gasteiger partial charge in [0.2, 0.25) is 0 Å². The number of halogens is 1. The van der Waals surface area contributed by atoms with Gasteiger partial charge >= 0.3 is 0 Å². The third-order valence-corrected chi connectivity index (χ3v) is 3.43. The van der Waals surface area contributed by atoms with E-state index in [1.54, 1.807) is 7.11 Å². The summed E-state index contributed by atoms with van der Waals surface area (Å²) in [6.45, 7) is 2.72. The van der Waals surface area contributed by atoms with Gasteiger partial charge in [0.25, 0.3) is 0 Å². The lowest BCUT2D eigenvalue weighted by Crippen LogP contribution is -2.23. The van der Waals surface area contributed by atoms with Crippen molar-refractivity contribution in [3.8, 4) is 11.5 Å². The smallest absolute Gasteiger partial charge is 0.133 e. The Hall–Kier alpha value is -0.740. The van der Waals surface area contributed by atoms with Gasteiger partial charge in [-0.05, 0) is 59.4 Å². The van der Waals surface area contributed by atoms with Crippen LogP contribution in [0.4, 0.5) is 0 Å². The minimum Gasteiger partial charge on any atom is -0.497 e. The van der Waals surface area contributed by atoms with E-state index in [0.29, 0.717) is 6.61 Å². The SMILES string of the molecule is COc1ccc(OCCNCC2CC2)c(Br)c1. The minimum absolute atomic E-state index is 0.692. The van der Waals surface area contributed by atoms with Crippen molar-refractivity contribution in [2.24, 2.45) is 5.92 Å². The zero-order valence-electron chi connectivity index (χ0n) is 10.0. The second kappa shape index (κ2) is 6.26. The normalized spacial score (nSPS) is 14.7. The van der Waals surface area contributed by atoms with Gasteiger partial charge in [0.1, 0.15) is 18.1 Å². The third kappa shape index (κ3) is 4.21. The van der Waals surface area contributed by atoms with E-state index >= 15 is 0 Å². The molecule has 0 aliphatic heterocycles. The molecule has 94 valence electrons. The molecule has 1 aromatic rings. The Morgan fingerprint density at radius 2 is 2.24 bits per heavy atom. The van der Waals surface area contributed by atoms with Crippen LogP contribution in [0.15, 0.2) is 22.7 Å². The van der Waals surface area contributed by atoms with E-state index in [2.05, 4.69) is 21.2 Å². The van der Waals surface area contributed by atoms with Gasteiger partial charge in [-0.1, -0.05) is 0 Å². The quantitative estimate of drug-likeness (QED) is 0.786. The van der Waals surface area contributed by atoms with Crippen molar-refractivity contribution in [3.05, 3.63) is 22.7 Å². The molecule has 0 bridgehead atoms. The van der Waals surface area contributed by atoms with Gasteiger partial charge in [-0.2, -0.15) is 0 Å². The highest BCUT2D eigenvalue weighted by Gasteiger charge is 2.19. The summed E-state index contributed by atoms with van der Waals surface area (Å²) in [5.74, 6) is 2.61. The fourth-order valence-electron chi connectivity index (χ4n) is 1.59. The maximum absolute atomic E-state index is 5.67. The van der Waals surface area contributed by atoms with Crippen LogP contribution in [0.5, 0.6) is 11.5 Å². The molecule has 2 rings (SSSR count). The van der Waals surface area contributed by atoms with Crippen molar-refractivity contribution >= 4 is 15.9 Å². The molecular formula is C13H18BrNO2. The van der Waals surface area contributed by atoms with E-state index in [-0.39, 0.29) is 0 Å². The molecule has 3 nitrogen and oxygen atoms in total. The van der Waals surface area contributed by atoms with E-state index in [9.17, 15) is 0 Å². The number of hydrogen-bond donors (Lipinski definition) is 1. The maximum Gasteiger partial charge on any atom is 0.133 e. The summed E-state index contributed by atoms with van der Waals surface area (Å²) in [5, 5.41) is 3.39. The highest BCUT2D eigenvalue weighted by Crippen LogP contribution is 2.29. The zero-order valence-corrected chi connectivity index (χ0v) is 11.6. The number of hydrogen-bond acceptors (Lipinski definition) is 3. The zero-order chi connectivity index (χ0) is 12.1. The molecule has 0 amide bonds. The van der Waals surface area contributed by atoms with Crippen LogP contribution in [0.1, 0.15) is 12.8 Å². The van der Waals surface area contributed by atoms with Crippen LogP contribution in [-0.4, -0.2) is 26.8 Å². The highest BCUT2D eigenvalue weighted by molar-refractivity contribution is 9.10. The molecule has 0 aromatic heterocycles. The standard InChI is InChI=1S/C13H18BrNO2/c1-16-11-4-5-13(12(14)8-11)17-7-6-15-9-10-2-3-10/h4-5,8,10,15H,2-3,6-7,9H2,1H3. The molecule has 0 unspecified atom stereocenters. The van der Waals surface area contributed by atoms with E-state index < -0.39 is 0 Å². The molecule has 0 saturated heterocycles. The number of rotatable bonds is 7. The van der Waals surface area contributed by atoms with Crippen molar-refractivity contribution < 1.29 is 9.47 Å². The van der Waals surface area contributed by atoms with Crippen LogP contribution >= 0.6 is 15.9 Å². The topological polar surface area (TPSA) is 30.5 Å². The van der Waals surface area contributed by atoms with Gasteiger partial charge in [0.05, 0.1) is 11.6 Å². The molecule has 1 aromatic carbocycles. The fraction of sp³-hybridized carbons (Fsp3) is 0.538. The average Bonchev–Trinajstić information content (AvgIpc) is 3.14. The Labute approximate surface area is 111 Å². The Kier molecular flexibility index (Phi) is 4.68. The van der Waals surface area contributed by atoms with Gasteiger partial charge in [-0.3, -0.25) is 0 Å². The second-order valence-corrected chi connectivity index (χ2v) is 5.15. The minimum atomic E-state index is 0.692. The lowest BCUT2D eigenvalue weighted by atomic mass is 10.3. The van der Waals surface area contributed by atoms with E-state index in [1.807, 2.05) is 18.2 Å². The lowest BCUT2D eigenvalue weighted by molar-refractivity contribution is 0.310. The van der Waals surface area contributed by atoms with Gasteiger partial charge < -0.3 is 14.8 Å². The Balaban J connectivity index is 1.70. The van der Waals surface area contributed by atoms with Crippen LogP contribution in [0.25, 0.3) is 0 Å². The summed E-state index contributed by atoms with van der Waals surface area (Å²) >= 11 is 3.46. The molecule has 0 heterocycles. The molecular weight excluding hydrogens is 282 g/mol. The Morgan fingerprint density at radius 3 is 2.88 bits per heavy atom. The molecule has 0 radical (unpaired) electrons. The molecule has 1 fully saturated rings. The first-order chi connectivity index (χ1) is 8.29. The summed E-state index contributed by atoms with van der Waals surface area (Å²) in [6.07, 6.45) is 2.77. The van der Waals surface area contributed by atoms with Crippen molar-refractivity contribution in [3.63, 3.8) is 0 Å². The van der Waals surface area contributed by atoms with E-state index in [1.165, 1.54) is 12.8 Å². The molecule has 0 atom stereocenters. The number of benzene rings is 1. The average molecular weight is 300 g/mol. The molecule has 1 N–H and O–H groups in total. The van der Waals surface area contributed by atoms with Crippen molar-refractivity contribution in [1.29, 1.82) is 0 Å².